The van der Waals surface area contributed by atoms with Gasteiger partial charge in [0.05, 0.1) is 0 Å². The highest BCUT2D eigenvalue weighted by Gasteiger charge is 2.25. The van der Waals surface area contributed by atoms with Crippen LogP contribution in [0.4, 0.5) is 10.2 Å². The summed E-state index contributed by atoms with van der Waals surface area (Å²) in [5, 5.41) is 6.47. The summed E-state index contributed by atoms with van der Waals surface area (Å²) in [7, 11) is 1.72. The normalized spacial score (nSPS) is 14.2. The predicted molar refractivity (Wildman–Crippen MR) is 87.4 cm³/mol. The topological polar surface area (TPSA) is 67.2 Å². The lowest BCUT2D eigenvalue weighted by Crippen LogP contribution is -2.42. The minimum absolute atomic E-state index is 0.276. The average molecular weight is 328 g/mol. The van der Waals surface area contributed by atoms with Crippen molar-refractivity contribution in [3.63, 3.8) is 0 Å². The quantitative estimate of drug-likeness (QED) is 0.855. The molecule has 2 heterocycles. The fourth-order valence-electron chi connectivity index (χ4n) is 2.61. The van der Waals surface area contributed by atoms with E-state index < -0.39 is 11.8 Å². The number of carbonyl (C=O) groups is 2. The summed E-state index contributed by atoms with van der Waals surface area (Å²) in [5.74, 6) is -1.30. The first kappa shape index (κ1) is 15.9. The molecule has 1 aliphatic rings. The van der Waals surface area contributed by atoms with E-state index in [1.54, 1.807) is 43.6 Å². The molecule has 24 heavy (non-hydrogen) atoms. The van der Waals surface area contributed by atoms with Crippen molar-refractivity contribution in [3.05, 3.63) is 54.0 Å². The molecule has 0 radical (unpaired) electrons. The zero-order chi connectivity index (χ0) is 17.1. The zero-order valence-corrected chi connectivity index (χ0v) is 13.2. The van der Waals surface area contributed by atoms with Crippen molar-refractivity contribution in [1.29, 1.82) is 0 Å². The Bertz CT molecular complexity index is 812. The molecule has 1 aromatic heterocycles. The first-order valence-electron chi connectivity index (χ1n) is 7.58. The van der Waals surface area contributed by atoms with E-state index in [0.29, 0.717) is 24.3 Å². The molecule has 7 heteroatoms. The average Bonchev–Trinajstić information content (AvgIpc) is 2.99. The van der Waals surface area contributed by atoms with Crippen molar-refractivity contribution in [1.82, 2.24) is 14.7 Å². The summed E-state index contributed by atoms with van der Waals surface area (Å²) >= 11 is 0. The van der Waals surface area contributed by atoms with E-state index in [-0.39, 0.29) is 12.4 Å². The molecule has 3 rings (SSSR count). The Morgan fingerprint density at radius 1 is 1.25 bits per heavy atom. The maximum absolute atomic E-state index is 13.8. The van der Waals surface area contributed by atoms with Crippen LogP contribution >= 0.6 is 0 Å². The van der Waals surface area contributed by atoms with Crippen LogP contribution in [-0.2, 0) is 16.6 Å². The first-order chi connectivity index (χ1) is 11.5. The van der Waals surface area contributed by atoms with Crippen LogP contribution in [0.5, 0.6) is 0 Å². The number of aromatic nitrogens is 2. The Kier molecular flexibility index (Phi) is 4.41. The van der Waals surface area contributed by atoms with Crippen molar-refractivity contribution >= 4 is 23.2 Å². The van der Waals surface area contributed by atoms with E-state index in [1.807, 2.05) is 0 Å². The van der Waals surface area contributed by atoms with Crippen molar-refractivity contribution < 1.29 is 14.0 Å². The fraction of sp³-hybridized carbons (Fsp3) is 0.235. The van der Waals surface area contributed by atoms with Crippen LogP contribution in [0.3, 0.4) is 0 Å². The van der Waals surface area contributed by atoms with Gasteiger partial charge in [0.1, 0.15) is 5.82 Å². The summed E-state index contributed by atoms with van der Waals surface area (Å²) in [6.45, 7) is 0.646. The van der Waals surface area contributed by atoms with E-state index in [9.17, 15) is 14.0 Å². The number of anilines is 1. The molecule has 0 atom stereocenters. The summed E-state index contributed by atoms with van der Waals surface area (Å²) in [6.07, 6.45) is 3.96. The second-order valence-corrected chi connectivity index (χ2v) is 5.54. The Hall–Kier alpha value is -2.96. The summed E-state index contributed by atoms with van der Waals surface area (Å²) in [6, 6.07) is 8.15. The Morgan fingerprint density at radius 3 is 2.67 bits per heavy atom. The smallest absolute Gasteiger partial charge is 0.315 e. The standard InChI is InChI=1S/C17H17FN4O2/c1-21-9-8-15(20-21)19-16(23)17(24)22-10-6-12(7-11-22)13-4-2-3-5-14(13)18/h2-6,8-9H,7,10-11H2,1H3,(H,19,20,23). The molecule has 0 saturated carbocycles. The summed E-state index contributed by atoms with van der Waals surface area (Å²) in [4.78, 5) is 25.6. The van der Waals surface area contributed by atoms with Gasteiger partial charge in [-0.05, 0) is 18.1 Å². The molecule has 0 bridgehead atoms. The van der Waals surface area contributed by atoms with Gasteiger partial charge in [-0.25, -0.2) is 4.39 Å². The van der Waals surface area contributed by atoms with E-state index >= 15 is 0 Å². The van der Waals surface area contributed by atoms with Crippen LogP contribution in [0.15, 0.2) is 42.6 Å². The highest BCUT2D eigenvalue weighted by atomic mass is 19.1. The molecule has 2 amide bonds. The molecule has 1 N–H and O–H groups in total. The lowest BCUT2D eigenvalue weighted by atomic mass is 9.99. The van der Waals surface area contributed by atoms with Crippen LogP contribution < -0.4 is 5.32 Å². The van der Waals surface area contributed by atoms with Gasteiger partial charge in [0.15, 0.2) is 5.82 Å². The summed E-state index contributed by atoms with van der Waals surface area (Å²) < 4.78 is 15.3. The lowest BCUT2D eigenvalue weighted by molar-refractivity contribution is -0.142. The molecule has 0 saturated heterocycles. The highest BCUT2D eigenvalue weighted by Crippen LogP contribution is 2.24. The van der Waals surface area contributed by atoms with Gasteiger partial charge < -0.3 is 10.2 Å². The van der Waals surface area contributed by atoms with Crippen LogP contribution in [0.25, 0.3) is 5.57 Å². The second-order valence-electron chi connectivity index (χ2n) is 5.54. The number of rotatable bonds is 2. The monoisotopic (exact) mass is 328 g/mol. The van der Waals surface area contributed by atoms with Crippen molar-refractivity contribution in [2.24, 2.45) is 7.05 Å². The maximum Gasteiger partial charge on any atom is 0.315 e. The third-order valence-electron chi connectivity index (χ3n) is 3.87. The number of hydrogen-bond donors (Lipinski definition) is 1. The van der Waals surface area contributed by atoms with Crippen LogP contribution in [-0.4, -0.2) is 39.6 Å². The highest BCUT2D eigenvalue weighted by molar-refractivity contribution is 6.39. The molecule has 6 nitrogen and oxygen atoms in total. The van der Waals surface area contributed by atoms with Gasteiger partial charge in [-0.3, -0.25) is 14.3 Å². The molecular weight excluding hydrogens is 311 g/mol. The van der Waals surface area contributed by atoms with E-state index in [1.165, 1.54) is 15.6 Å². The Morgan fingerprint density at radius 2 is 2.04 bits per heavy atom. The number of benzene rings is 1. The van der Waals surface area contributed by atoms with Gasteiger partial charge in [-0.2, -0.15) is 5.10 Å². The van der Waals surface area contributed by atoms with Gasteiger partial charge in [0.2, 0.25) is 0 Å². The van der Waals surface area contributed by atoms with Gasteiger partial charge in [-0.1, -0.05) is 24.3 Å². The first-order valence-corrected chi connectivity index (χ1v) is 7.58. The number of nitrogens with one attached hydrogen (secondary N) is 1. The SMILES string of the molecule is Cn1ccc(NC(=O)C(=O)N2CC=C(c3ccccc3F)CC2)n1. The zero-order valence-electron chi connectivity index (χ0n) is 13.2. The maximum atomic E-state index is 13.8. The third kappa shape index (κ3) is 3.34. The van der Waals surface area contributed by atoms with Gasteiger partial charge >= 0.3 is 11.8 Å². The second kappa shape index (κ2) is 6.66. The lowest BCUT2D eigenvalue weighted by Gasteiger charge is -2.26. The van der Waals surface area contributed by atoms with Crippen molar-refractivity contribution in [3.8, 4) is 0 Å². The molecule has 0 unspecified atom stereocenters. The Balaban J connectivity index is 1.64. The number of carbonyl (C=O) groups excluding carboxylic acids is 2. The van der Waals surface area contributed by atoms with Crippen molar-refractivity contribution in [2.75, 3.05) is 18.4 Å². The molecule has 124 valence electrons. The molecule has 1 aliphatic heterocycles. The van der Waals surface area contributed by atoms with Crippen molar-refractivity contribution in [2.45, 2.75) is 6.42 Å². The van der Waals surface area contributed by atoms with Gasteiger partial charge in [0, 0.05) is 38.0 Å². The van der Waals surface area contributed by atoms with Gasteiger partial charge in [0.25, 0.3) is 0 Å². The summed E-state index contributed by atoms with van der Waals surface area (Å²) in [5.41, 5.74) is 1.39. The van der Waals surface area contributed by atoms with E-state index in [4.69, 9.17) is 0 Å². The number of amides is 2. The molecule has 2 aromatic rings. The molecule has 0 aliphatic carbocycles. The predicted octanol–water partition coefficient (Wildman–Crippen LogP) is 1.81. The number of hydrogen-bond acceptors (Lipinski definition) is 3. The minimum Gasteiger partial charge on any atom is -0.330 e. The van der Waals surface area contributed by atoms with Crippen LogP contribution in [0, 0.1) is 5.82 Å². The molecule has 0 fully saturated rings. The van der Waals surface area contributed by atoms with Crippen LogP contribution in [0.1, 0.15) is 12.0 Å². The van der Waals surface area contributed by atoms with Gasteiger partial charge in [-0.15, -0.1) is 0 Å². The minimum atomic E-state index is -0.726. The molecule has 1 aromatic carbocycles. The van der Waals surface area contributed by atoms with Crippen LogP contribution in [0.2, 0.25) is 0 Å². The number of halogens is 1. The number of aryl methyl sites for hydroxylation is 1. The third-order valence-corrected chi connectivity index (χ3v) is 3.87. The largest absolute Gasteiger partial charge is 0.330 e. The molecule has 0 spiro atoms. The fourth-order valence-corrected chi connectivity index (χ4v) is 2.61. The number of nitrogens with zero attached hydrogens (tertiary/aromatic N) is 3. The van der Waals surface area contributed by atoms with E-state index in [0.717, 1.165) is 5.57 Å². The Labute approximate surface area is 138 Å². The van der Waals surface area contributed by atoms with E-state index in [2.05, 4.69) is 10.4 Å². The molecular formula is C17H17FN4O2.